The van der Waals surface area contributed by atoms with Crippen LogP contribution in [-0.2, 0) is 11.0 Å². The summed E-state index contributed by atoms with van der Waals surface area (Å²) in [7, 11) is 0. The van der Waals surface area contributed by atoms with Gasteiger partial charge in [0.15, 0.2) is 0 Å². The van der Waals surface area contributed by atoms with Gasteiger partial charge < -0.3 is 4.74 Å². The van der Waals surface area contributed by atoms with Crippen LogP contribution in [0.1, 0.15) is 65.0 Å². The topological polar surface area (TPSA) is 50.1 Å². The van der Waals surface area contributed by atoms with Crippen LogP contribution in [0.3, 0.4) is 0 Å². The quantitative estimate of drug-likeness (QED) is 0.183. The van der Waals surface area contributed by atoms with E-state index in [0.717, 1.165) is 24.1 Å². The Labute approximate surface area is 199 Å². The van der Waals surface area contributed by atoms with Crippen molar-refractivity contribution in [1.29, 1.82) is 5.26 Å². The highest BCUT2D eigenvalue weighted by Crippen LogP contribution is 2.40. The number of esters is 1. The average molecular weight is 470 g/mol. The van der Waals surface area contributed by atoms with Crippen molar-refractivity contribution in [2.24, 2.45) is 5.41 Å². The lowest BCUT2D eigenvalue weighted by Gasteiger charge is -2.32. The molecule has 0 N–H and O–H groups in total. The summed E-state index contributed by atoms with van der Waals surface area (Å²) in [6.45, 7) is 10.4. The number of hydrogen-bond donors (Lipinski definition) is 0. The second-order valence-electron chi connectivity index (χ2n) is 9.16. The van der Waals surface area contributed by atoms with Crippen LogP contribution in [0.5, 0.6) is 5.75 Å². The van der Waals surface area contributed by atoms with E-state index in [1.807, 2.05) is 19.1 Å². The lowest BCUT2D eigenvalue weighted by atomic mass is 9.72. The van der Waals surface area contributed by atoms with E-state index in [1.165, 1.54) is 30.1 Å². The van der Waals surface area contributed by atoms with Crippen molar-refractivity contribution in [3.8, 4) is 11.8 Å². The number of hydrogen-bond acceptors (Lipinski definition) is 3. The van der Waals surface area contributed by atoms with Crippen molar-refractivity contribution in [3.05, 3.63) is 88.1 Å². The standard InChI is InChI=1S/C28H30F3NO2/c1-19(11-13-24-21(3)10-7-15-27(24,4)5)8-6-9-20(2)16-26(33)34-25-14-12-23(28(29,30)31)17-22(25)18-32/h6,8-9,11-14,16-17H,7,10,15H2,1-5H3/b9-6+,13-11+,19-8+,20-16+. The first kappa shape index (κ1) is 26.9. The second-order valence-corrected chi connectivity index (χ2v) is 9.16. The second kappa shape index (κ2) is 11.2. The maximum Gasteiger partial charge on any atom is 0.416 e. The molecule has 0 aromatic heterocycles. The maximum atomic E-state index is 12.8. The summed E-state index contributed by atoms with van der Waals surface area (Å²) in [4.78, 5) is 12.1. The van der Waals surface area contributed by atoms with E-state index in [4.69, 9.17) is 10.00 Å². The van der Waals surface area contributed by atoms with E-state index in [2.05, 4.69) is 32.9 Å². The molecule has 0 unspecified atom stereocenters. The van der Waals surface area contributed by atoms with E-state index in [-0.39, 0.29) is 16.7 Å². The summed E-state index contributed by atoms with van der Waals surface area (Å²) in [6.07, 6.45) is 9.89. The molecule has 0 bridgehead atoms. The molecule has 2 rings (SSSR count). The Morgan fingerprint density at radius 1 is 1.18 bits per heavy atom. The molecule has 0 heterocycles. The zero-order chi connectivity index (χ0) is 25.5. The van der Waals surface area contributed by atoms with Gasteiger partial charge in [-0.15, -0.1) is 0 Å². The molecule has 0 aliphatic heterocycles. The smallest absolute Gasteiger partial charge is 0.416 e. The number of rotatable bonds is 6. The van der Waals surface area contributed by atoms with Crippen LogP contribution < -0.4 is 4.74 Å². The molecule has 1 aromatic carbocycles. The fourth-order valence-corrected chi connectivity index (χ4v) is 3.89. The van der Waals surface area contributed by atoms with E-state index in [9.17, 15) is 18.0 Å². The highest BCUT2D eigenvalue weighted by atomic mass is 19.4. The molecule has 0 saturated heterocycles. The first-order chi connectivity index (χ1) is 15.8. The molecule has 0 spiro atoms. The summed E-state index contributed by atoms with van der Waals surface area (Å²) in [6, 6.07) is 4.03. The Bertz CT molecular complexity index is 1120. The van der Waals surface area contributed by atoms with E-state index in [1.54, 1.807) is 19.1 Å². The molecule has 1 aliphatic rings. The van der Waals surface area contributed by atoms with Gasteiger partial charge >= 0.3 is 12.1 Å². The summed E-state index contributed by atoms with van der Waals surface area (Å²) >= 11 is 0. The number of nitriles is 1. The lowest BCUT2D eigenvalue weighted by Crippen LogP contribution is -2.19. The molecule has 0 fully saturated rings. The highest BCUT2D eigenvalue weighted by molar-refractivity contribution is 5.85. The fraction of sp³-hybridized carbons (Fsp3) is 0.357. The third kappa shape index (κ3) is 7.62. The predicted octanol–water partition coefficient (Wildman–Crippen LogP) is 8.01. The van der Waals surface area contributed by atoms with Crippen molar-refractivity contribution in [2.75, 3.05) is 0 Å². The Balaban J connectivity index is 2.04. The number of nitrogens with zero attached hydrogens (tertiary/aromatic N) is 1. The van der Waals surface area contributed by atoms with Gasteiger partial charge in [-0.3, -0.25) is 0 Å². The number of ether oxygens (including phenoxy) is 1. The molecule has 180 valence electrons. The summed E-state index contributed by atoms with van der Waals surface area (Å²) in [5, 5.41) is 9.09. The Kier molecular flexibility index (Phi) is 8.86. The molecule has 3 nitrogen and oxygen atoms in total. The highest BCUT2D eigenvalue weighted by Gasteiger charge is 2.31. The molecule has 34 heavy (non-hydrogen) atoms. The van der Waals surface area contributed by atoms with Gasteiger partial charge in [-0.1, -0.05) is 55.4 Å². The van der Waals surface area contributed by atoms with Crippen molar-refractivity contribution in [1.82, 2.24) is 0 Å². The Morgan fingerprint density at radius 3 is 2.50 bits per heavy atom. The van der Waals surface area contributed by atoms with Crippen molar-refractivity contribution in [2.45, 2.75) is 60.1 Å². The maximum absolute atomic E-state index is 12.8. The van der Waals surface area contributed by atoms with Crippen LogP contribution >= 0.6 is 0 Å². The average Bonchev–Trinajstić information content (AvgIpc) is 2.72. The minimum Gasteiger partial charge on any atom is -0.422 e. The van der Waals surface area contributed by atoms with Crippen LogP contribution in [0, 0.1) is 16.7 Å². The molecule has 0 saturated carbocycles. The van der Waals surface area contributed by atoms with Crippen LogP contribution in [0.2, 0.25) is 0 Å². The normalized spacial score (nSPS) is 17.4. The van der Waals surface area contributed by atoms with E-state index >= 15 is 0 Å². The van der Waals surface area contributed by atoms with Gasteiger partial charge in [0, 0.05) is 6.08 Å². The monoisotopic (exact) mass is 469 g/mol. The molecular formula is C28H30F3NO2. The zero-order valence-electron chi connectivity index (χ0n) is 20.2. The number of alkyl halides is 3. The van der Waals surface area contributed by atoms with Crippen LogP contribution in [0.25, 0.3) is 0 Å². The summed E-state index contributed by atoms with van der Waals surface area (Å²) < 4.78 is 43.5. The minimum absolute atomic E-state index is 0.174. The van der Waals surface area contributed by atoms with Crippen LogP contribution in [0.4, 0.5) is 13.2 Å². The van der Waals surface area contributed by atoms with E-state index in [0.29, 0.717) is 11.6 Å². The molecule has 0 atom stereocenters. The first-order valence-electron chi connectivity index (χ1n) is 11.1. The van der Waals surface area contributed by atoms with Gasteiger partial charge in [0.1, 0.15) is 11.8 Å². The molecule has 0 amide bonds. The van der Waals surface area contributed by atoms with Gasteiger partial charge in [0.25, 0.3) is 0 Å². The predicted molar refractivity (Wildman–Crippen MR) is 128 cm³/mol. The van der Waals surface area contributed by atoms with Crippen molar-refractivity contribution in [3.63, 3.8) is 0 Å². The third-order valence-corrected chi connectivity index (χ3v) is 5.76. The van der Waals surface area contributed by atoms with Crippen molar-refractivity contribution >= 4 is 5.97 Å². The van der Waals surface area contributed by atoms with Crippen molar-refractivity contribution < 1.29 is 22.7 Å². The SMILES string of the molecule is CC1=C(/C=C/C(C)=C/C=C/C(C)=C/C(=O)Oc2ccc(C(F)(F)F)cc2C#N)C(C)(C)CCC1. The molecule has 6 heteroatoms. The number of halogens is 3. The third-order valence-electron chi connectivity index (χ3n) is 5.76. The fourth-order valence-electron chi connectivity index (χ4n) is 3.89. The van der Waals surface area contributed by atoms with Crippen LogP contribution in [0.15, 0.2) is 76.9 Å². The van der Waals surface area contributed by atoms with Gasteiger partial charge in [-0.25, -0.2) is 4.79 Å². The molecular weight excluding hydrogens is 439 g/mol. The number of benzene rings is 1. The van der Waals surface area contributed by atoms with Crippen LogP contribution in [-0.4, -0.2) is 5.97 Å². The zero-order valence-corrected chi connectivity index (χ0v) is 20.2. The summed E-state index contributed by atoms with van der Waals surface area (Å²) in [5.74, 6) is -0.995. The molecule has 1 aliphatic carbocycles. The summed E-state index contributed by atoms with van der Waals surface area (Å²) in [5.41, 5.74) is 3.30. The van der Waals surface area contributed by atoms with E-state index < -0.39 is 17.7 Å². The van der Waals surface area contributed by atoms with Gasteiger partial charge in [0.2, 0.25) is 0 Å². The lowest BCUT2D eigenvalue weighted by molar-refractivity contribution is -0.137. The minimum atomic E-state index is -4.58. The van der Waals surface area contributed by atoms with Gasteiger partial charge in [-0.2, -0.15) is 18.4 Å². The molecule has 1 aromatic rings. The Morgan fingerprint density at radius 2 is 1.88 bits per heavy atom. The van der Waals surface area contributed by atoms with Gasteiger partial charge in [0.05, 0.1) is 11.1 Å². The largest absolute Gasteiger partial charge is 0.422 e. The number of carbonyl (C=O) groups excluding carboxylic acids is 1. The first-order valence-corrected chi connectivity index (χ1v) is 11.1. The number of allylic oxidation sites excluding steroid dienone is 9. The number of carbonyl (C=O) groups is 1. The van der Waals surface area contributed by atoms with Gasteiger partial charge in [-0.05, 0) is 74.8 Å². The molecule has 0 radical (unpaired) electrons. The Hall–Kier alpha value is -3.33.